The highest BCUT2D eigenvalue weighted by molar-refractivity contribution is 5.83. The van der Waals surface area contributed by atoms with Gasteiger partial charge in [0, 0.05) is 11.1 Å². The minimum absolute atomic E-state index is 0.00333. The van der Waals surface area contributed by atoms with E-state index in [-0.39, 0.29) is 5.75 Å². The van der Waals surface area contributed by atoms with Crippen molar-refractivity contribution in [3.63, 3.8) is 0 Å². The van der Waals surface area contributed by atoms with Gasteiger partial charge in [0.05, 0.1) is 0 Å². The van der Waals surface area contributed by atoms with Gasteiger partial charge in [-0.25, -0.2) is 4.39 Å². The summed E-state index contributed by atoms with van der Waals surface area (Å²) in [5.74, 6) is -2.06. The van der Waals surface area contributed by atoms with E-state index in [1.165, 1.54) is 12.1 Å². The molecule has 0 amide bonds. The van der Waals surface area contributed by atoms with Crippen molar-refractivity contribution in [1.82, 2.24) is 0 Å². The van der Waals surface area contributed by atoms with Crippen LogP contribution in [0, 0.1) is 5.82 Å². The number of halogens is 1. The Morgan fingerprint density at radius 2 is 1.83 bits per heavy atom. The maximum Gasteiger partial charge on any atom is 0.315 e. The first-order valence-electron chi connectivity index (χ1n) is 5.46. The molecule has 0 radical (unpaired) electrons. The van der Waals surface area contributed by atoms with Gasteiger partial charge in [-0.2, -0.15) is 0 Å². The van der Waals surface area contributed by atoms with E-state index in [0.29, 0.717) is 16.9 Å². The number of fused-ring (bicyclic) bond motifs is 2. The zero-order valence-corrected chi connectivity index (χ0v) is 9.26. The maximum absolute atomic E-state index is 13.7. The third-order valence-electron chi connectivity index (χ3n) is 3.00. The van der Waals surface area contributed by atoms with Crippen LogP contribution in [0.2, 0.25) is 0 Å². The van der Waals surface area contributed by atoms with Crippen LogP contribution in [0.4, 0.5) is 4.39 Å². The average Bonchev–Trinajstić information content (AvgIpc) is 2.36. The Bertz CT molecular complexity index is 637. The van der Waals surface area contributed by atoms with Crippen molar-refractivity contribution in [1.29, 1.82) is 0 Å². The van der Waals surface area contributed by atoms with E-state index in [0.717, 1.165) is 0 Å². The predicted octanol–water partition coefficient (Wildman–Crippen LogP) is 3.15. The minimum Gasteiger partial charge on any atom is -0.481 e. The molecule has 2 aromatic rings. The summed E-state index contributed by atoms with van der Waals surface area (Å²) >= 11 is 0. The van der Waals surface area contributed by atoms with Crippen molar-refractivity contribution in [2.75, 3.05) is 0 Å². The fourth-order valence-corrected chi connectivity index (χ4v) is 2.22. The molecule has 4 heteroatoms. The van der Waals surface area contributed by atoms with E-state index in [4.69, 9.17) is 4.74 Å². The topological polar surface area (TPSA) is 46.5 Å². The van der Waals surface area contributed by atoms with Crippen LogP contribution in [0.15, 0.2) is 42.5 Å². The number of hydrogen-bond acceptors (Lipinski definition) is 2. The van der Waals surface area contributed by atoms with E-state index >= 15 is 0 Å². The molecule has 0 saturated carbocycles. The summed E-state index contributed by atoms with van der Waals surface area (Å²) in [6, 6.07) is 11.1. The second-order valence-electron chi connectivity index (χ2n) is 4.07. The number of carboxylic acid groups (broad SMARTS) is 1. The van der Waals surface area contributed by atoms with Crippen LogP contribution in [0.5, 0.6) is 11.5 Å². The number of ether oxygens (including phenoxy) is 1. The Hall–Kier alpha value is -2.36. The number of benzene rings is 2. The zero-order chi connectivity index (χ0) is 12.7. The van der Waals surface area contributed by atoms with Gasteiger partial charge in [0.25, 0.3) is 0 Å². The molecule has 1 aliphatic rings. The van der Waals surface area contributed by atoms with Gasteiger partial charge in [0.2, 0.25) is 0 Å². The predicted molar refractivity (Wildman–Crippen MR) is 62.4 cm³/mol. The van der Waals surface area contributed by atoms with Gasteiger partial charge in [0.15, 0.2) is 11.6 Å². The smallest absolute Gasteiger partial charge is 0.315 e. The molecule has 2 aromatic carbocycles. The van der Waals surface area contributed by atoms with Crippen molar-refractivity contribution >= 4 is 5.97 Å². The molecule has 0 spiro atoms. The van der Waals surface area contributed by atoms with Crippen LogP contribution in [0.1, 0.15) is 17.0 Å². The maximum atomic E-state index is 13.7. The van der Waals surface area contributed by atoms with Crippen molar-refractivity contribution in [2.45, 2.75) is 5.92 Å². The third kappa shape index (κ3) is 1.46. The van der Waals surface area contributed by atoms with E-state index < -0.39 is 17.7 Å². The monoisotopic (exact) mass is 244 g/mol. The lowest BCUT2D eigenvalue weighted by molar-refractivity contribution is -0.137. The van der Waals surface area contributed by atoms with Gasteiger partial charge < -0.3 is 9.84 Å². The van der Waals surface area contributed by atoms with Crippen LogP contribution in [-0.4, -0.2) is 11.1 Å². The van der Waals surface area contributed by atoms with Gasteiger partial charge in [-0.15, -0.1) is 0 Å². The molecule has 0 bridgehead atoms. The average molecular weight is 244 g/mol. The number of hydrogen-bond donors (Lipinski definition) is 1. The molecule has 0 aromatic heterocycles. The first kappa shape index (κ1) is 10.8. The Morgan fingerprint density at radius 1 is 1.11 bits per heavy atom. The number of aliphatic carboxylic acids is 1. The van der Waals surface area contributed by atoms with E-state index in [2.05, 4.69) is 0 Å². The van der Waals surface area contributed by atoms with Crippen molar-refractivity contribution in [2.24, 2.45) is 0 Å². The largest absolute Gasteiger partial charge is 0.481 e. The Kier molecular flexibility index (Phi) is 2.30. The number of para-hydroxylation sites is 2. The van der Waals surface area contributed by atoms with Crippen molar-refractivity contribution in [3.05, 3.63) is 59.4 Å². The van der Waals surface area contributed by atoms with Gasteiger partial charge in [-0.1, -0.05) is 30.3 Å². The van der Waals surface area contributed by atoms with Crippen LogP contribution < -0.4 is 4.74 Å². The van der Waals surface area contributed by atoms with Crippen LogP contribution >= 0.6 is 0 Å². The van der Waals surface area contributed by atoms with Crippen LogP contribution in [0.3, 0.4) is 0 Å². The SMILES string of the molecule is O=C(O)[C@H]1c2ccccc2Oc2c(F)cccc21. The normalized spacial score (nSPS) is 16.4. The van der Waals surface area contributed by atoms with Crippen LogP contribution in [0.25, 0.3) is 0 Å². The molecule has 3 rings (SSSR count). The summed E-state index contributed by atoms with van der Waals surface area (Å²) in [4.78, 5) is 11.4. The molecule has 0 saturated heterocycles. The summed E-state index contributed by atoms with van der Waals surface area (Å²) in [6.45, 7) is 0. The molecular weight excluding hydrogens is 235 g/mol. The molecule has 18 heavy (non-hydrogen) atoms. The third-order valence-corrected chi connectivity index (χ3v) is 3.00. The lowest BCUT2D eigenvalue weighted by Gasteiger charge is -2.25. The summed E-state index contributed by atoms with van der Waals surface area (Å²) in [5, 5.41) is 9.34. The molecule has 1 aliphatic heterocycles. The van der Waals surface area contributed by atoms with Crippen molar-refractivity contribution < 1.29 is 19.0 Å². The summed E-state index contributed by atoms with van der Waals surface area (Å²) in [5.41, 5.74) is 0.893. The fraction of sp³-hybridized carbons (Fsp3) is 0.0714. The lowest BCUT2D eigenvalue weighted by Crippen LogP contribution is -2.18. The second-order valence-corrected chi connectivity index (χ2v) is 4.07. The highest BCUT2D eigenvalue weighted by Crippen LogP contribution is 2.44. The Labute approximate surface area is 102 Å². The molecule has 1 atom stereocenters. The second kappa shape index (κ2) is 3.84. The van der Waals surface area contributed by atoms with E-state index in [9.17, 15) is 14.3 Å². The lowest BCUT2D eigenvalue weighted by atomic mass is 9.88. The van der Waals surface area contributed by atoms with Gasteiger partial charge in [0.1, 0.15) is 11.7 Å². The fourth-order valence-electron chi connectivity index (χ4n) is 2.22. The van der Waals surface area contributed by atoms with Gasteiger partial charge >= 0.3 is 5.97 Å². The number of carboxylic acids is 1. The van der Waals surface area contributed by atoms with Gasteiger partial charge in [-0.05, 0) is 12.1 Å². The van der Waals surface area contributed by atoms with Gasteiger partial charge in [-0.3, -0.25) is 4.79 Å². The standard InChI is InChI=1S/C14H9FO3/c15-10-6-3-5-9-12(14(16)17)8-4-1-2-7-11(8)18-13(9)10/h1-7,12H,(H,16,17)/t12-/m0/s1. The molecular formula is C14H9FO3. The molecule has 1 N–H and O–H groups in total. The number of rotatable bonds is 1. The highest BCUT2D eigenvalue weighted by atomic mass is 19.1. The summed E-state index contributed by atoms with van der Waals surface area (Å²) in [7, 11) is 0. The molecule has 0 aliphatic carbocycles. The van der Waals surface area contributed by atoms with E-state index in [1.807, 2.05) is 0 Å². The first-order chi connectivity index (χ1) is 8.68. The molecule has 0 unspecified atom stereocenters. The Morgan fingerprint density at radius 3 is 2.61 bits per heavy atom. The highest BCUT2D eigenvalue weighted by Gasteiger charge is 2.33. The summed E-state index contributed by atoms with van der Waals surface area (Å²) < 4.78 is 19.1. The summed E-state index contributed by atoms with van der Waals surface area (Å²) in [6.07, 6.45) is 0. The van der Waals surface area contributed by atoms with Crippen molar-refractivity contribution in [3.8, 4) is 11.5 Å². The Balaban J connectivity index is 2.27. The minimum atomic E-state index is -1.02. The van der Waals surface area contributed by atoms with E-state index in [1.54, 1.807) is 30.3 Å². The zero-order valence-electron chi connectivity index (χ0n) is 9.26. The molecule has 3 nitrogen and oxygen atoms in total. The molecule has 0 fully saturated rings. The number of carbonyl (C=O) groups is 1. The molecule has 90 valence electrons. The quantitative estimate of drug-likeness (QED) is 0.838. The molecule has 1 heterocycles. The van der Waals surface area contributed by atoms with Crippen LogP contribution in [-0.2, 0) is 4.79 Å². The first-order valence-corrected chi connectivity index (χ1v) is 5.46.